The second kappa shape index (κ2) is 29.0. The molecule has 0 radical (unpaired) electrons. The molecule has 0 bridgehead atoms. The highest BCUT2D eigenvalue weighted by Crippen LogP contribution is 2.38. The zero-order valence-electron chi connectivity index (χ0n) is 45.0. The van der Waals surface area contributed by atoms with Crippen molar-refractivity contribution < 1.29 is 52.4 Å². The molecule has 0 aliphatic heterocycles. The van der Waals surface area contributed by atoms with Gasteiger partial charge in [0.1, 0.15) is 34.3 Å². The van der Waals surface area contributed by atoms with E-state index in [-0.39, 0.29) is 44.5 Å². The fourth-order valence-electron chi connectivity index (χ4n) is 8.92. The van der Waals surface area contributed by atoms with Crippen LogP contribution in [0.25, 0.3) is 11.1 Å². The lowest BCUT2D eigenvalue weighted by atomic mass is 9.84. The lowest BCUT2D eigenvalue weighted by Gasteiger charge is -2.26. The van der Waals surface area contributed by atoms with E-state index in [0.29, 0.717) is 42.3 Å². The normalized spacial score (nSPS) is 12.9. The van der Waals surface area contributed by atoms with Crippen molar-refractivity contribution in [2.24, 2.45) is 17.4 Å². The molecular weight excluding hydrogens is 951 g/mol. The second-order valence-corrected chi connectivity index (χ2v) is 19.8. The largest absolute Gasteiger partial charge is 0.497 e. The van der Waals surface area contributed by atoms with Crippen LogP contribution in [0.1, 0.15) is 120 Å². The first kappa shape index (κ1) is 58.7. The van der Waals surface area contributed by atoms with Gasteiger partial charge in [0.15, 0.2) is 18.2 Å². The van der Waals surface area contributed by atoms with Gasteiger partial charge in [0.2, 0.25) is 5.91 Å². The summed E-state index contributed by atoms with van der Waals surface area (Å²) in [7, 11) is 4.74. The number of amides is 2. The van der Waals surface area contributed by atoms with Crippen molar-refractivity contribution in [1.29, 1.82) is 0 Å². The number of hydrogen-bond donors (Lipinski definition) is 3. The zero-order chi connectivity index (χ0) is 54.5. The molecule has 0 spiro atoms. The van der Waals surface area contributed by atoms with Crippen molar-refractivity contribution in [3.05, 3.63) is 137 Å². The minimum Gasteiger partial charge on any atom is -0.497 e. The van der Waals surface area contributed by atoms with Gasteiger partial charge in [0.25, 0.3) is 5.91 Å². The molecular formula is C61H77N3O11. The summed E-state index contributed by atoms with van der Waals surface area (Å²) >= 11 is 0. The summed E-state index contributed by atoms with van der Waals surface area (Å²) in [4.78, 5) is 68.4. The summed E-state index contributed by atoms with van der Waals surface area (Å²) in [5.74, 6) is -1.01. The number of hydrogen-bond acceptors (Lipinski definition) is 12. The van der Waals surface area contributed by atoms with Crippen LogP contribution in [0.5, 0.6) is 28.7 Å². The van der Waals surface area contributed by atoms with Crippen molar-refractivity contribution in [3.63, 3.8) is 0 Å². The van der Waals surface area contributed by atoms with Gasteiger partial charge in [0.05, 0.1) is 46.4 Å². The van der Waals surface area contributed by atoms with E-state index in [1.165, 1.54) is 0 Å². The number of ether oxygens (including phenoxy) is 6. The SMILES string of the molecule is CCCCCOc1ccc(CCC[C@H](NC(=O)[C@@H](CC(=O)[C@@H](N)CC(=O)OC(C)(C)C)Cc2ccc(-c3ccc(OC)cc3CC)cc2)C(=O)CC(c2ccc(OCC(N)=O)cc2)c2ccc(OC)cc2OC)cc1. The highest BCUT2D eigenvalue weighted by molar-refractivity contribution is 5.94. The Balaban J connectivity index is 1.49. The Morgan fingerprint density at radius 2 is 1.28 bits per heavy atom. The van der Waals surface area contributed by atoms with Gasteiger partial charge in [-0.1, -0.05) is 87.4 Å². The van der Waals surface area contributed by atoms with Gasteiger partial charge in [-0.2, -0.15) is 0 Å². The zero-order valence-corrected chi connectivity index (χ0v) is 45.0. The van der Waals surface area contributed by atoms with Crippen LogP contribution in [-0.4, -0.2) is 81.6 Å². The van der Waals surface area contributed by atoms with E-state index in [2.05, 4.69) is 19.2 Å². The maximum atomic E-state index is 15.1. The van der Waals surface area contributed by atoms with Crippen molar-refractivity contribution in [1.82, 2.24) is 5.32 Å². The molecule has 0 saturated carbocycles. The molecule has 0 fully saturated rings. The van der Waals surface area contributed by atoms with Crippen LogP contribution in [0.2, 0.25) is 0 Å². The third-order valence-electron chi connectivity index (χ3n) is 13.0. The Labute approximate surface area is 443 Å². The molecule has 5 rings (SSSR count). The van der Waals surface area contributed by atoms with Crippen molar-refractivity contribution >= 4 is 29.4 Å². The number of nitrogens with two attached hydrogens (primary N) is 2. The fourth-order valence-corrected chi connectivity index (χ4v) is 8.92. The molecule has 2 amide bonds. The first-order valence-corrected chi connectivity index (χ1v) is 26.0. The molecule has 0 saturated heterocycles. The highest BCUT2D eigenvalue weighted by Gasteiger charge is 2.32. The number of primary amides is 1. The minimum absolute atomic E-state index is 0.0594. The molecule has 0 heterocycles. The molecule has 5 aromatic rings. The maximum absolute atomic E-state index is 15.1. The number of methoxy groups -OCH3 is 3. The third kappa shape index (κ3) is 18.6. The number of carbonyl (C=O) groups is 5. The lowest BCUT2D eigenvalue weighted by Crippen LogP contribution is -2.46. The first-order chi connectivity index (χ1) is 35.9. The Bertz CT molecular complexity index is 2640. The topological polar surface area (TPSA) is 205 Å². The summed E-state index contributed by atoms with van der Waals surface area (Å²) in [6, 6.07) is 31.9. The Kier molecular flexibility index (Phi) is 22.7. The number of unbranched alkanes of at least 4 members (excludes halogenated alkanes) is 2. The maximum Gasteiger partial charge on any atom is 0.308 e. The number of aryl methyl sites for hydroxylation is 2. The number of benzene rings is 5. The van der Waals surface area contributed by atoms with Crippen molar-refractivity contribution in [2.45, 2.75) is 129 Å². The fraction of sp³-hybridized carbons (Fsp3) is 0.426. The van der Waals surface area contributed by atoms with E-state index in [9.17, 15) is 19.2 Å². The first-order valence-electron chi connectivity index (χ1n) is 26.0. The van der Waals surface area contributed by atoms with E-state index >= 15 is 4.79 Å². The van der Waals surface area contributed by atoms with Crippen LogP contribution in [0.4, 0.5) is 0 Å². The Morgan fingerprint density at radius 3 is 1.91 bits per heavy atom. The Morgan fingerprint density at radius 1 is 0.653 bits per heavy atom. The summed E-state index contributed by atoms with van der Waals surface area (Å²) in [5, 5.41) is 3.12. The van der Waals surface area contributed by atoms with Crippen LogP contribution < -0.4 is 40.5 Å². The van der Waals surface area contributed by atoms with Crippen LogP contribution in [0.15, 0.2) is 109 Å². The van der Waals surface area contributed by atoms with Gasteiger partial charge in [-0.15, -0.1) is 0 Å². The molecule has 402 valence electrons. The number of esters is 1. The number of ketones is 2. The highest BCUT2D eigenvalue weighted by atomic mass is 16.6. The van der Waals surface area contributed by atoms with Crippen LogP contribution in [0, 0.1) is 5.92 Å². The van der Waals surface area contributed by atoms with Crippen LogP contribution in [-0.2, 0) is 48.0 Å². The molecule has 1 unspecified atom stereocenters. The summed E-state index contributed by atoms with van der Waals surface area (Å²) in [6.45, 7) is 9.77. The molecule has 14 heteroatoms. The van der Waals surface area contributed by atoms with E-state index in [1.807, 2.05) is 84.9 Å². The molecule has 0 aromatic heterocycles. The molecule has 4 atom stereocenters. The predicted molar refractivity (Wildman–Crippen MR) is 292 cm³/mol. The average molecular weight is 1030 g/mol. The number of Topliss-reactive ketones (excluding diaryl/α,β-unsaturated/α-hetero) is 2. The van der Waals surface area contributed by atoms with Gasteiger partial charge >= 0.3 is 5.97 Å². The van der Waals surface area contributed by atoms with Crippen LogP contribution in [0.3, 0.4) is 0 Å². The standard InChI is InChI=1S/C61H77N3O11/c1-9-11-12-32-73-46-24-18-40(19-25-46)14-13-15-54(56(66)37-52(51-31-29-49(71-7)36-57(51)72-8)44-22-26-47(27-23-44)74-39-58(63)67)64-60(69)45(35-55(65)53(62)38-59(68)75-61(3,4)5)33-41-16-20-43(21-17-41)50-30-28-48(70-6)34-42(50)10-2/h16-31,34,36,45,52-54H,9-15,32-33,35,37-39,62H2,1-8H3,(H2,63,67)(H,64,69)/t45-,52?,53+,54+/m1/s1. The van der Waals surface area contributed by atoms with Gasteiger partial charge in [-0.05, 0) is 135 Å². The van der Waals surface area contributed by atoms with Crippen molar-refractivity contribution in [3.8, 4) is 39.9 Å². The van der Waals surface area contributed by atoms with Gasteiger partial charge < -0.3 is 45.2 Å². The molecule has 5 aromatic carbocycles. The second-order valence-electron chi connectivity index (χ2n) is 19.8. The van der Waals surface area contributed by atoms with E-state index in [0.717, 1.165) is 70.6 Å². The smallest absolute Gasteiger partial charge is 0.308 e. The molecule has 5 N–H and O–H groups in total. The average Bonchev–Trinajstić information content (AvgIpc) is 3.40. The molecule has 0 aliphatic carbocycles. The van der Waals surface area contributed by atoms with E-state index < -0.39 is 53.1 Å². The number of rotatable bonds is 31. The summed E-state index contributed by atoms with van der Waals surface area (Å²) < 4.78 is 33.8. The Hall–Kier alpha value is -7.19. The molecule has 75 heavy (non-hydrogen) atoms. The quantitative estimate of drug-likeness (QED) is 0.0280. The summed E-state index contributed by atoms with van der Waals surface area (Å²) in [5.41, 5.74) is 17.3. The number of nitrogens with one attached hydrogen (secondary N) is 1. The monoisotopic (exact) mass is 1030 g/mol. The number of carbonyl (C=O) groups excluding carboxylic acids is 5. The minimum atomic E-state index is -1.22. The lowest BCUT2D eigenvalue weighted by molar-refractivity contribution is -0.156. The van der Waals surface area contributed by atoms with Gasteiger partial charge in [0, 0.05) is 36.3 Å². The third-order valence-corrected chi connectivity index (χ3v) is 13.0. The summed E-state index contributed by atoms with van der Waals surface area (Å²) in [6.07, 6.45) is 4.83. The predicted octanol–water partition coefficient (Wildman–Crippen LogP) is 9.85. The van der Waals surface area contributed by atoms with E-state index in [1.54, 1.807) is 66.4 Å². The van der Waals surface area contributed by atoms with Gasteiger partial charge in [-0.25, -0.2) is 0 Å². The molecule has 0 aliphatic rings. The van der Waals surface area contributed by atoms with E-state index in [4.69, 9.17) is 39.9 Å². The van der Waals surface area contributed by atoms with Crippen molar-refractivity contribution in [2.75, 3.05) is 34.5 Å². The van der Waals surface area contributed by atoms with Crippen LogP contribution >= 0.6 is 0 Å². The molecule has 14 nitrogen and oxygen atoms in total. The van der Waals surface area contributed by atoms with Gasteiger partial charge in [-0.3, -0.25) is 24.0 Å².